The molecular formula is C20H28N2O2. The molecule has 1 spiro atoms. The molecule has 0 aromatic heterocycles. The summed E-state index contributed by atoms with van der Waals surface area (Å²) in [5.74, 6) is 0.495. The summed E-state index contributed by atoms with van der Waals surface area (Å²) in [6.07, 6.45) is 6.05. The van der Waals surface area contributed by atoms with Crippen LogP contribution in [0.3, 0.4) is 0 Å². The molecule has 2 aliphatic heterocycles. The van der Waals surface area contributed by atoms with Crippen molar-refractivity contribution >= 4 is 11.8 Å². The van der Waals surface area contributed by atoms with Crippen LogP contribution in [0.25, 0.3) is 0 Å². The Kier molecular flexibility index (Phi) is 5.22. The van der Waals surface area contributed by atoms with Crippen LogP contribution in [-0.4, -0.2) is 46.8 Å². The predicted molar refractivity (Wildman–Crippen MR) is 94.5 cm³/mol. The van der Waals surface area contributed by atoms with Crippen molar-refractivity contribution < 1.29 is 9.59 Å². The molecular weight excluding hydrogens is 300 g/mol. The highest BCUT2D eigenvalue weighted by molar-refractivity contribution is 5.79. The molecule has 4 heteroatoms. The van der Waals surface area contributed by atoms with Crippen molar-refractivity contribution in [3.8, 4) is 0 Å². The van der Waals surface area contributed by atoms with Gasteiger partial charge in [-0.15, -0.1) is 0 Å². The third-order valence-electron chi connectivity index (χ3n) is 5.60. The first-order valence-electron chi connectivity index (χ1n) is 9.27. The van der Waals surface area contributed by atoms with Gasteiger partial charge in [0.25, 0.3) is 0 Å². The number of piperidine rings is 2. The maximum absolute atomic E-state index is 12.7. The summed E-state index contributed by atoms with van der Waals surface area (Å²) in [7, 11) is 0. The van der Waals surface area contributed by atoms with E-state index in [1.54, 1.807) is 0 Å². The van der Waals surface area contributed by atoms with Gasteiger partial charge < -0.3 is 9.80 Å². The van der Waals surface area contributed by atoms with Crippen molar-refractivity contribution in [1.82, 2.24) is 9.80 Å². The van der Waals surface area contributed by atoms with E-state index >= 15 is 0 Å². The van der Waals surface area contributed by atoms with Crippen LogP contribution >= 0.6 is 0 Å². The van der Waals surface area contributed by atoms with Crippen molar-refractivity contribution in [1.29, 1.82) is 0 Å². The highest BCUT2D eigenvalue weighted by atomic mass is 16.2. The summed E-state index contributed by atoms with van der Waals surface area (Å²) in [6.45, 7) is 4.37. The number of likely N-dealkylation sites (N-methyl/N-ethyl adjacent to an activating group) is 1. The molecule has 0 N–H and O–H groups in total. The first kappa shape index (κ1) is 17.0. The fourth-order valence-corrected chi connectivity index (χ4v) is 4.42. The Morgan fingerprint density at radius 2 is 1.92 bits per heavy atom. The van der Waals surface area contributed by atoms with E-state index < -0.39 is 0 Å². The molecule has 2 heterocycles. The summed E-state index contributed by atoms with van der Waals surface area (Å²) < 4.78 is 0. The summed E-state index contributed by atoms with van der Waals surface area (Å²) in [4.78, 5) is 29.1. The van der Waals surface area contributed by atoms with Crippen LogP contribution in [-0.2, 0) is 16.0 Å². The molecule has 2 fully saturated rings. The van der Waals surface area contributed by atoms with Gasteiger partial charge in [0.05, 0.1) is 5.54 Å². The lowest BCUT2D eigenvalue weighted by Crippen LogP contribution is -2.63. The molecule has 1 atom stereocenters. The Morgan fingerprint density at radius 3 is 2.67 bits per heavy atom. The van der Waals surface area contributed by atoms with Gasteiger partial charge in [-0.2, -0.15) is 0 Å². The fraction of sp³-hybridized carbons (Fsp3) is 0.600. The summed E-state index contributed by atoms with van der Waals surface area (Å²) in [5, 5.41) is 0. The van der Waals surface area contributed by atoms with Gasteiger partial charge in [0.2, 0.25) is 11.8 Å². The lowest BCUT2D eigenvalue weighted by Gasteiger charge is -2.52. The molecule has 4 nitrogen and oxygen atoms in total. The van der Waals surface area contributed by atoms with Crippen LogP contribution in [0.2, 0.25) is 0 Å². The molecule has 0 radical (unpaired) electrons. The molecule has 24 heavy (non-hydrogen) atoms. The summed E-state index contributed by atoms with van der Waals surface area (Å²) in [6, 6.07) is 10.2. The van der Waals surface area contributed by atoms with Crippen molar-refractivity contribution in [3.05, 3.63) is 35.9 Å². The molecule has 0 unspecified atom stereocenters. The van der Waals surface area contributed by atoms with Crippen LogP contribution < -0.4 is 0 Å². The average Bonchev–Trinajstić information content (AvgIpc) is 2.61. The quantitative estimate of drug-likeness (QED) is 0.852. The lowest BCUT2D eigenvalue weighted by molar-refractivity contribution is -0.150. The fourth-order valence-electron chi connectivity index (χ4n) is 4.42. The smallest absolute Gasteiger partial charge is 0.223 e. The lowest BCUT2D eigenvalue weighted by atomic mass is 9.79. The largest absolute Gasteiger partial charge is 0.340 e. The van der Waals surface area contributed by atoms with Gasteiger partial charge in [-0.25, -0.2) is 0 Å². The van der Waals surface area contributed by atoms with Crippen LogP contribution in [0, 0.1) is 0 Å². The van der Waals surface area contributed by atoms with Gasteiger partial charge in [-0.1, -0.05) is 30.3 Å². The van der Waals surface area contributed by atoms with Gasteiger partial charge in [-0.05, 0) is 44.6 Å². The molecule has 2 saturated heterocycles. The van der Waals surface area contributed by atoms with Crippen molar-refractivity contribution in [3.63, 3.8) is 0 Å². The first-order chi connectivity index (χ1) is 11.6. The zero-order valence-electron chi connectivity index (χ0n) is 14.7. The van der Waals surface area contributed by atoms with E-state index in [2.05, 4.69) is 19.1 Å². The van der Waals surface area contributed by atoms with Crippen LogP contribution in [0.4, 0.5) is 0 Å². The Balaban J connectivity index is 1.64. The Bertz CT molecular complexity index is 583. The van der Waals surface area contributed by atoms with E-state index in [9.17, 15) is 9.59 Å². The molecule has 0 bridgehead atoms. The van der Waals surface area contributed by atoms with Crippen LogP contribution in [0.5, 0.6) is 0 Å². The zero-order chi connectivity index (χ0) is 17.0. The van der Waals surface area contributed by atoms with Gasteiger partial charge >= 0.3 is 0 Å². The van der Waals surface area contributed by atoms with E-state index in [0.29, 0.717) is 12.8 Å². The van der Waals surface area contributed by atoms with Gasteiger partial charge in [0.15, 0.2) is 0 Å². The minimum atomic E-state index is -0.106. The summed E-state index contributed by atoms with van der Waals surface area (Å²) in [5.41, 5.74) is 1.10. The minimum Gasteiger partial charge on any atom is -0.340 e. The number of amides is 2. The van der Waals surface area contributed by atoms with Crippen molar-refractivity contribution in [2.75, 3.05) is 19.6 Å². The SMILES string of the molecule is CCN1C(=O)CCC[C@]12CCCN(C(=O)CCc1ccccc1)C2. The third kappa shape index (κ3) is 3.47. The highest BCUT2D eigenvalue weighted by Gasteiger charge is 2.45. The van der Waals surface area contributed by atoms with Gasteiger partial charge in [-0.3, -0.25) is 9.59 Å². The maximum atomic E-state index is 12.7. The number of carbonyl (C=O) groups excluding carboxylic acids is 2. The average molecular weight is 328 g/mol. The normalized spacial score (nSPS) is 24.5. The number of rotatable bonds is 4. The molecule has 2 aliphatic rings. The number of hydrogen-bond donors (Lipinski definition) is 0. The third-order valence-corrected chi connectivity index (χ3v) is 5.60. The number of aryl methyl sites for hydroxylation is 1. The molecule has 2 amide bonds. The Labute approximate surface area is 144 Å². The molecule has 130 valence electrons. The van der Waals surface area contributed by atoms with Crippen LogP contribution in [0.1, 0.15) is 51.0 Å². The molecule has 3 rings (SSSR count). The molecule has 0 saturated carbocycles. The van der Waals surface area contributed by atoms with Crippen molar-refractivity contribution in [2.45, 2.75) is 57.4 Å². The first-order valence-corrected chi connectivity index (χ1v) is 9.27. The maximum Gasteiger partial charge on any atom is 0.223 e. The van der Waals surface area contributed by atoms with Gasteiger partial charge in [0.1, 0.15) is 0 Å². The van der Waals surface area contributed by atoms with Crippen molar-refractivity contribution in [2.24, 2.45) is 0 Å². The van der Waals surface area contributed by atoms with E-state index in [1.807, 2.05) is 28.0 Å². The Hall–Kier alpha value is -1.84. The topological polar surface area (TPSA) is 40.6 Å². The molecule has 0 aliphatic carbocycles. The number of likely N-dealkylation sites (tertiary alicyclic amines) is 2. The Morgan fingerprint density at radius 1 is 1.17 bits per heavy atom. The number of nitrogens with zero attached hydrogens (tertiary/aromatic N) is 2. The monoisotopic (exact) mass is 328 g/mol. The second-order valence-corrected chi connectivity index (χ2v) is 7.12. The number of benzene rings is 1. The zero-order valence-corrected chi connectivity index (χ0v) is 14.7. The number of hydrogen-bond acceptors (Lipinski definition) is 2. The van der Waals surface area contributed by atoms with E-state index in [1.165, 1.54) is 5.56 Å². The second-order valence-electron chi connectivity index (χ2n) is 7.12. The van der Waals surface area contributed by atoms with E-state index in [4.69, 9.17) is 0 Å². The standard InChI is InChI=1S/C20H28N2O2/c1-2-22-19(24)10-6-13-20(22)14-7-15-21(16-20)18(23)12-11-17-8-4-3-5-9-17/h3-5,8-9H,2,6-7,10-16H2,1H3/t20-/m1/s1. The minimum absolute atomic E-state index is 0.106. The molecule has 1 aromatic carbocycles. The number of carbonyl (C=O) groups is 2. The van der Waals surface area contributed by atoms with E-state index in [0.717, 1.165) is 51.7 Å². The predicted octanol–water partition coefficient (Wildman–Crippen LogP) is 3.01. The second kappa shape index (κ2) is 7.37. The highest BCUT2D eigenvalue weighted by Crippen LogP contribution is 2.36. The van der Waals surface area contributed by atoms with Crippen LogP contribution in [0.15, 0.2) is 30.3 Å². The molecule has 1 aromatic rings. The van der Waals surface area contributed by atoms with Gasteiger partial charge in [0, 0.05) is 32.5 Å². The van der Waals surface area contributed by atoms with E-state index in [-0.39, 0.29) is 17.4 Å². The summed E-state index contributed by atoms with van der Waals surface area (Å²) >= 11 is 0.